The summed E-state index contributed by atoms with van der Waals surface area (Å²) in [7, 11) is 0. The van der Waals surface area contributed by atoms with Crippen molar-refractivity contribution in [1.82, 2.24) is 4.98 Å². The molecule has 0 saturated carbocycles. The molecule has 0 aliphatic heterocycles. The summed E-state index contributed by atoms with van der Waals surface area (Å²) >= 11 is 0. The summed E-state index contributed by atoms with van der Waals surface area (Å²) in [5, 5.41) is 1.27. The van der Waals surface area contributed by atoms with Crippen LogP contribution in [0.3, 0.4) is 0 Å². The Hall–Kier alpha value is -2.30. The standard InChI is InChI=1S/C14H8F3NO/c15-14(16,17)10-6-5-8-3-4-9-2-1-7-18-12(9)11(8)13(10)19/h1-7,18H. The first-order valence-corrected chi connectivity index (χ1v) is 5.59. The number of rotatable bonds is 0. The molecular formula is C14H8F3NO. The summed E-state index contributed by atoms with van der Waals surface area (Å²) in [4.78, 5) is 14.9. The van der Waals surface area contributed by atoms with Crippen LogP contribution in [0, 0.1) is 0 Å². The zero-order valence-corrected chi connectivity index (χ0v) is 9.58. The number of fused-ring (bicyclic) bond motifs is 3. The molecule has 1 N–H and O–H groups in total. The first-order chi connectivity index (χ1) is 8.98. The maximum Gasteiger partial charge on any atom is 0.420 e. The molecule has 0 bridgehead atoms. The number of H-pyrrole nitrogens is 1. The van der Waals surface area contributed by atoms with Gasteiger partial charge in [0.05, 0.1) is 10.9 Å². The molecule has 0 radical (unpaired) electrons. The molecule has 0 spiro atoms. The molecule has 3 rings (SSSR count). The number of benzene rings is 2. The lowest BCUT2D eigenvalue weighted by Gasteiger charge is -2.08. The zero-order chi connectivity index (χ0) is 13.6. The highest BCUT2D eigenvalue weighted by atomic mass is 19.4. The first kappa shape index (κ1) is 11.8. The van der Waals surface area contributed by atoms with Crippen LogP contribution in [0.5, 0.6) is 0 Å². The minimum absolute atomic E-state index is 0.0768. The van der Waals surface area contributed by atoms with Gasteiger partial charge in [0.2, 0.25) is 5.43 Å². The van der Waals surface area contributed by atoms with Gasteiger partial charge in [-0.15, -0.1) is 0 Å². The van der Waals surface area contributed by atoms with Gasteiger partial charge in [0.25, 0.3) is 0 Å². The van der Waals surface area contributed by atoms with Crippen LogP contribution in [0.4, 0.5) is 13.2 Å². The Balaban J connectivity index is 2.54. The molecule has 5 heteroatoms. The van der Waals surface area contributed by atoms with E-state index in [2.05, 4.69) is 4.98 Å². The second-order valence-corrected chi connectivity index (χ2v) is 4.24. The van der Waals surface area contributed by atoms with E-state index in [4.69, 9.17) is 0 Å². The molecule has 0 unspecified atom stereocenters. The second-order valence-electron chi connectivity index (χ2n) is 4.24. The SMILES string of the molecule is O=c1c(C(F)(F)F)ccc2ccc3ccc[nH]c3c12. The van der Waals surface area contributed by atoms with Gasteiger partial charge in [0.15, 0.2) is 0 Å². The third-order valence-electron chi connectivity index (χ3n) is 3.08. The smallest absolute Gasteiger partial charge is 0.361 e. The lowest BCUT2D eigenvalue weighted by Crippen LogP contribution is -2.19. The van der Waals surface area contributed by atoms with Crippen molar-refractivity contribution in [2.45, 2.75) is 6.18 Å². The molecular weight excluding hydrogens is 255 g/mol. The van der Waals surface area contributed by atoms with Crippen molar-refractivity contribution in [2.75, 3.05) is 0 Å². The number of nitrogens with one attached hydrogen (secondary N) is 1. The lowest BCUT2D eigenvalue weighted by molar-refractivity contribution is -0.138. The fourth-order valence-electron chi connectivity index (χ4n) is 2.20. The molecule has 1 aromatic heterocycles. The Kier molecular flexibility index (Phi) is 2.38. The Labute approximate surface area is 105 Å². The molecule has 3 aromatic rings. The highest BCUT2D eigenvalue weighted by Gasteiger charge is 2.34. The summed E-state index contributed by atoms with van der Waals surface area (Å²) in [6, 6.07) is 9.03. The van der Waals surface area contributed by atoms with E-state index in [1.807, 2.05) is 0 Å². The normalized spacial score (nSPS) is 12.2. The molecule has 0 aliphatic rings. The van der Waals surface area contributed by atoms with Crippen LogP contribution in [-0.2, 0) is 6.18 Å². The van der Waals surface area contributed by atoms with Crippen LogP contribution in [0.1, 0.15) is 5.56 Å². The van der Waals surface area contributed by atoms with Gasteiger partial charge in [-0.1, -0.05) is 24.3 Å². The van der Waals surface area contributed by atoms with Crippen LogP contribution in [-0.4, -0.2) is 4.98 Å². The van der Waals surface area contributed by atoms with Gasteiger partial charge in [-0.3, -0.25) is 4.79 Å². The number of hydrogen-bond donors (Lipinski definition) is 1. The van der Waals surface area contributed by atoms with E-state index >= 15 is 0 Å². The summed E-state index contributed by atoms with van der Waals surface area (Å²) in [6.45, 7) is 0. The fraction of sp³-hybridized carbons (Fsp3) is 0.0714. The monoisotopic (exact) mass is 263 g/mol. The van der Waals surface area contributed by atoms with Crippen LogP contribution in [0.25, 0.3) is 21.7 Å². The van der Waals surface area contributed by atoms with E-state index in [-0.39, 0.29) is 5.39 Å². The van der Waals surface area contributed by atoms with Crippen molar-refractivity contribution in [2.24, 2.45) is 0 Å². The summed E-state index contributed by atoms with van der Waals surface area (Å²) < 4.78 is 38.3. The quantitative estimate of drug-likeness (QED) is 0.616. The molecule has 2 aromatic carbocycles. The van der Waals surface area contributed by atoms with Crippen molar-refractivity contribution in [3.8, 4) is 0 Å². The first-order valence-electron chi connectivity index (χ1n) is 5.59. The number of aromatic nitrogens is 1. The van der Waals surface area contributed by atoms with Crippen molar-refractivity contribution >= 4 is 21.7 Å². The number of alkyl halides is 3. The minimum atomic E-state index is -4.64. The highest BCUT2D eigenvalue weighted by molar-refractivity contribution is 6.05. The highest BCUT2D eigenvalue weighted by Crippen LogP contribution is 2.29. The van der Waals surface area contributed by atoms with Crippen LogP contribution < -0.4 is 5.43 Å². The summed E-state index contributed by atoms with van der Waals surface area (Å²) in [5.74, 6) is 0. The maximum absolute atomic E-state index is 12.8. The van der Waals surface area contributed by atoms with Gasteiger partial charge in [-0.2, -0.15) is 13.2 Å². The van der Waals surface area contributed by atoms with Crippen molar-refractivity contribution < 1.29 is 13.2 Å². The van der Waals surface area contributed by atoms with Gasteiger partial charge in [0, 0.05) is 6.20 Å². The van der Waals surface area contributed by atoms with E-state index < -0.39 is 17.2 Å². The average molecular weight is 263 g/mol. The van der Waals surface area contributed by atoms with Crippen molar-refractivity contribution in [3.05, 3.63) is 58.4 Å². The largest absolute Gasteiger partial charge is 0.420 e. The molecule has 0 fully saturated rings. The number of aromatic amines is 1. The van der Waals surface area contributed by atoms with Crippen LogP contribution >= 0.6 is 0 Å². The second kappa shape index (κ2) is 3.85. The average Bonchev–Trinajstić information content (AvgIpc) is 2.37. The Bertz CT molecular complexity index is 833. The third kappa shape index (κ3) is 1.78. The Morgan fingerprint density at radius 2 is 1.63 bits per heavy atom. The molecule has 0 amide bonds. The van der Waals surface area contributed by atoms with E-state index in [9.17, 15) is 18.0 Å². The molecule has 2 nitrogen and oxygen atoms in total. The topological polar surface area (TPSA) is 32.9 Å². The molecule has 96 valence electrons. The molecule has 0 aliphatic carbocycles. The Morgan fingerprint density at radius 3 is 2.37 bits per heavy atom. The van der Waals surface area contributed by atoms with E-state index in [0.29, 0.717) is 16.3 Å². The molecule has 0 saturated heterocycles. The van der Waals surface area contributed by atoms with Gasteiger partial charge < -0.3 is 4.98 Å². The predicted octanol–water partition coefficient (Wildman–Crippen LogP) is 3.70. The number of pyridine rings is 1. The third-order valence-corrected chi connectivity index (χ3v) is 3.08. The zero-order valence-electron chi connectivity index (χ0n) is 9.58. The fourth-order valence-corrected chi connectivity index (χ4v) is 2.20. The number of halogens is 3. The Morgan fingerprint density at radius 1 is 0.947 bits per heavy atom. The van der Waals surface area contributed by atoms with E-state index in [1.165, 1.54) is 6.07 Å². The molecule has 1 heterocycles. The van der Waals surface area contributed by atoms with Crippen LogP contribution in [0.15, 0.2) is 47.4 Å². The van der Waals surface area contributed by atoms with Gasteiger partial charge in [-0.25, -0.2) is 0 Å². The molecule has 0 atom stereocenters. The summed E-state index contributed by atoms with van der Waals surface area (Å²) in [6.07, 6.45) is -3.05. The van der Waals surface area contributed by atoms with E-state index in [1.54, 1.807) is 30.5 Å². The predicted molar refractivity (Wildman–Crippen MR) is 67.1 cm³/mol. The molecule has 19 heavy (non-hydrogen) atoms. The van der Waals surface area contributed by atoms with Gasteiger partial charge in [-0.05, 0) is 22.9 Å². The van der Waals surface area contributed by atoms with Crippen molar-refractivity contribution in [3.63, 3.8) is 0 Å². The maximum atomic E-state index is 12.8. The lowest BCUT2D eigenvalue weighted by atomic mass is 10.0. The summed E-state index contributed by atoms with van der Waals surface area (Å²) in [5.41, 5.74) is -1.70. The number of hydrogen-bond acceptors (Lipinski definition) is 1. The van der Waals surface area contributed by atoms with Crippen LogP contribution in [0.2, 0.25) is 0 Å². The van der Waals surface area contributed by atoms with Gasteiger partial charge >= 0.3 is 6.18 Å². The van der Waals surface area contributed by atoms with Crippen molar-refractivity contribution in [1.29, 1.82) is 0 Å². The minimum Gasteiger partial charge on any atom is -0.361 e. The van der Waals surface area contributed by atoms with Gasteiger partial charge in [0.1, 0.15) is 5.56 Å². The van der Waals surface area contributed by atoms with E-state index in [0.717, 1.165) is 6.07 Å².